The Balaban J connectivity index is 2.42. The maximum Gasteiger partial charge on any atom is 0.342 e. The van der Waals surface area contributed by atoms with Gasteiger partial charge in [-0.3, -0.25) is 0 Å². The molecule has 2 rings (SSSR count). The number of aromatic nitrogens is 3. The van der Waals surface area contributed by atoms with Crippen LogP contribution in [0.2, 0.25) is 0 Å². The van der Waals surface area contributed by atoms with Crippen molar-refractivity contribution in [2.24, 2.45) is 0 Å². The lowest BCUT2D eigenvalue weighted by molar-refractivity contribution is 0.00671. The highest BCUT2D eigenvalue weighted by molar-refractivity contribution is 5.98. The predicted molar refractivity (Wildman–Crippen MR) is 60.7 cm³/mol. The number of phenolic OH excluding ortho intramolecular Hbond substituents is 1. The number of rotatable bonds is 1. The van der Waals surface area contributed by atoms with E-state index < -0.39 is 11.6 Å². The maximum absolute atomic E-state index is 11.8. The van der Waals surface area contributed by atoms with Crippen LogP contribution in [0.15, 0.2) is 12.1 Å². The summed E-state index contributed by atoms with van der Waals surface area (Å²) in [7, 11) is 0. The van der Waals surface area contributed by atoms with E-state index >= 15 is 0 Å². The maximum atomic E-state index is 11.8. The van der Waals surface area contributed by atoms with Crippen molar-refractivity contribution in [1.29, 1.82) is 0 Å². The topological polar surface area (TPSA) is 88.1 Å². The molecule has 17 heavy (non-hydrogen) atoms. The van der Waals surface area contributed by atoms with Gasteiger partial charge in [0.15, 0.2) is 11.3 Å². The molecule has 0 spiro atoms. The molecule has 0 bridgehead atoms. The third-order valence-electron chi connectivity index (χ3n) is 2.08. The summed E-state index contributed by atoms with van der Waals surface area (Å²) >= 11 is 0. The molecule has 0 aliphatic carbocycles. The summed E-state index contributed by atoms with van der Waals surface area (Å²) in [6.45, 7) is 5.28. The van der Waals surface area contributed by atoms with E-state index in [1.54, 1.807) is 26.8 Å². The van der Waals surface area contributed by atoms with Crippen molar-refractivity contribution in [2.75, 3.05) is 0 Å². The number of aromatic hydroxyl groups is 1. The second-order valence-electron chi connectivity index (χ2n) is 4.65. The second-order valence-corrected chi connectivity index (χ2v) is 4.65. The zero-order valence-electron chi connectivity index (χ0n) is 9.81. The Bertz CT molecular complexity index is 569. The predicted octanol–water partition coefficient (Wildman–Crippen LogP) is 1.62. The zero-order valence-corrected chi connectivity index (χ0v) is 9.81. The van der Waals surface area contributed by atoms with E-state index in [4.69, 9.17) is 4.74 Å². The number of fused-ring (bicyclic) bond motifs is 1. The van der Waals surface area contributed by atoms with Crippen LogP contribution >= 0.6 is 0 Å². The largest absolute Gasteiger partial charge is 0.505 e. The van der Waals surface area contributed by atoms with Gasteiger partial charge in [-0.05, 0) is 32.9 Å². The van der Waals surface area contributed by atoms with Crippen molar-refractivity contribution in [3.8, 4) is 5.75 Å². The van der Waals surface area contributed by atoms with Crippen LogP contribution in [0.5, 0.6) is 5.75 Å². The third kappa shape index (κ3) is 2.20. The average molecular weight is 235 g/mol. The monoisotopic (exact) mass is 235 g/mol. The lowest BCUT2D eigenvalue weighted by Crippen LogP contribution is -2.23. The number of nitrogens with one attached hydrogen (secondary N) is 1. The van der Waals surface area contributed by atoms with Gasteiger partial charge in [-0.2, -0.15) is 15.4 Å². The Kier molecular flexibility index (Phi) is 2.49. The van der Waals surface area contributed by atoms with Gasteiger partial charge in [-0.25, -0.2) is 4.79 Å². The number of nitrogens with zero attached hydrogens (tertiary/aromatic N) is 2. The van der Waals surface area contributed by atoms with Crippen LogP contribution in [0.1, 0.15) is 31.1 Å². The van der Waals surface area contributed by atoms with E-state index in [1.165, 1.54) is 6.07 Å². The van der Waals surface area contributed by atoms with Gasteiger partial charge in [0, 0.05) is 0 Å². The number of phenols is 1. The summed E-state index contributed by atoms with van der Waals surface area (Å²) in [5, 5.41) is 19.8. The first-order chi connectivity index (χ1) is 7.88. The number of hydrogen-bond acceptors (Lipinski definition) is 5. The SMILES string of the molecule is CC(C)(C)OC(=O)c1ccc2n[nH]nc2c1O. The molecule has 0 fully saturated rings. The Morgan fingerprint density at radius 3 is 2.71 bits per heavy atom. The van der Waals surface area contributed by atoms with Gasteiger partial charge in [-0.15, -0.1) is 0 Å². The Morgan fingerprint density at radius 2 is 2.06 bits per heavy atom. The minimum atomic E-state index is -0.609. The molecular formula is C11H13N3O3. The van der Waals surface area contributed by atoms with Crippen LogP contribution in [0.25, 0.3) is 11.0 Å². The van der Waals surface area contributed by atoms with Gasteiger partial charge < -0.3 is 9.84 Å². The van der Waals surface area contributed by atoms with Gasteiger partial charge in [-0.1, -0.05) is 0 Å². The summed E-state index contributed by atoms with van der Waals surface area (Å²) in [6, 6.07) is 3.06. The zero-order chi connectivity index (χ0) is 12.6. The Labute approximate surface area is 97.6 Å². The third-order valence-corrected chi connectivity index (χ3v) is 2.08. The van der Waals surface area contributed by atoms with Crippen molar-refractivity contribution in [1.82, 2.24) is 15.4 Å². The minimum Gasteiger partial charge on any atom is -0.505 e. The molecule has 6 heteroatoms. The molecule has 6 nitrogen and oxygen atoms in total. The van der Waals surface area contributed by atoms with Crippen molar-refractivity contribution in [3.05, 3.63) is 17.7 Å². The summed E-state index contributed by atoms with van der Waals surface area (Å²) < 4.78 is 5.17. The normalized spacial score (nSPS) is 11.7. The molecule has 0 saturated heterocycles. The quantitative estimate of drug-likeness (QED) is 0.733. The first-order valence-corrected chi connectivity index (χ1v) is 5.14. The first kappa shape index (κ1) is 11.4. The fourth-order valence-electron chi connectivity index (χ4n) is 1.40. The Hall–Kier alpha value is -2.11. The average Bonchev–Trinajstić information content (AvgIpc) is 2.63. The molecule has 0 aliphatic heterocycles. The molecule has 2 aromatic rings. The molecular weight excluding hydrogens is 222 g/mol. The molecule has 0 saturated carbocycles. The number of H-pyrrole nitrogens is 1. The molecule has 0 unspecified atom stereocenters. The summed E-state index contributed by atoms with van der Waals surface area (Å²) in [4.78, 5) is 11.8. The lowest BCUT2D eigenvalue weighted by atomic mass is 10.1. The smallest absolute Gasteiger partial charge is 0.342 e. The highest BCUT2D eigenvalue weighted by Gasteiger charge is 2.22. The van der Waals surface area contributed by atoms with Crippen LogP contribution in [0, 0.1) is 0 Å². The van der Waals surface area contributed by atoms with E-state index in [1.807, 2.05) is 0 Å². The van der Waals surface area contributed by atoms with Crippen molar-refractivity contribution in [2.45, 2.75) is 26.4 Å². The number of carbonyl (C=O) groups excluding carboxylic acids is 1. The molecule has 2 N–H and O–H groups in total. The summed E-state index contributed by atoms with van der Waals surface area (Å²) in [6.07, 6.45) is 0. The van der Waals surface area contributed by atoms with Crippen LogP contribution in [-0.2, 0) is 4.74 Å². The van der Waals surface area contributed by atoms with Crippen molar-refractivity contribution >= 4 is 17.0 Å². The molecule has 0 atom stereocenters. The molecule has 0 aliphatic rings. The second kappa shape index (κ2) is 3.73. The number of carbonyl (C=O) groups is 1. The van der Waals surface area contributed by atoms with Gasteiger partial charge in [0.2, 0.25) is 0 Å². The van der Waals surface area contributed by atoms with E-state index in [0.717, 1.165) is 0 Å². The number of aromatic amines is 1. The minimum absolute atomic E-state index is 0.0846. The molecule has 90 valence electrons. The lowest BCUT2D eigenvalue weighted by Gasteiger charge is -2.19. The molecule has 1 aromatic carbocycles. The van der Waals surface area contributed by atoms with E-state index in [0.29, 0.717) is 5.52 Å². The van der Waals surface area contributed by atoms with Gasteiger partial charge in [0.05, 0.1) is 0 Å². The number of esters is 1. The van der Waals surface area contributed by atoms with Crippen molar-refractivity contribution in [3.63, 3.8) is 0 Å². The summed E-state index contributed by atoms with van der Waals surface area (Å²) in [5.74, 6) is -0.801. The van der Waals surface area contributed by atoms with Gasteiger partial charge in [0.1, 0.15) is 16.7 Å². The summed E-state index contributed by atoms with van der Waals surface area (Å²) in [5.41, 5.74) is 0.229. The van der Waals surface area contributed by atoms with Crippen molar-refractivity contribution < 1.29 is 14.6 Å². The molecule has 0 radical (unpaired) electrons. The fraction of sp³-hybridized carbons (Fsp3) is 0.364. The van der Waals surface area contributed by atoms with Crippen LogP contribution < -0.4 is 0 Å². The fourth-order valence-corrected chi connectivity index (χ4v) is 1.40. The van der Waals surface area contributed by atoms with Gasteiger partial charge >= 0.3 is 5.97 Å². The van der Waals surface area contributed by atoms with E-state index in [2.05, 4.69) is 15.4 Å². The van der Waals surface area contributed by atoms with E-state index in [9.17, 15) is 9.90 Å². The first-order valence-electron chi connectivity index (χ1n) is 5.14. The van der Waals surface area contributed by atoms with E-state index in [-0.39, 0.29) is 16.8 Å². The number of ether oxygens (including phenoxy) is 1. The molecule has 1 aromatic heterocycles. The van der Waals surface area contributed by atoms with Crippen LogP contribution in [0.4, 0.5) is 0 Å². The molecule has 0 amide bonds. The Morgan fingerprint density at radius 1 is 1.35 bits per heavy atom. The van der Waals surface area contributed by atoms with Gasteiger partial charge in [0.25, 0.3) is 0 Å². The molecule has 1 heterocycles. The highest BCUT2D eigenvalue weighted by atomic mass is 16.6. The number of hydrogen-bond donors (Lipinski definition) is 2. The highest BCUT2D eigenvalue weighted by Crippen LogP contribution is 2.27. The van der Waals surface area contributed by atoms with Crippen LogP contribution in [0.3, 0.4) is 0 Å². The number of benzene rings is 1. The standard InChI is InChI=1S/C11H13N3O3/c1-11(2,3)17-10(16)6-4-5-7-8(9(6)15)13-14-12-7/h4-5,15H,1-3H3,(H,12,13,14). The van der Waals surface area contributed by atoms with Crippen LogP contribution in [-0.4, -0.2) is 32.1 Å².